The SMILES string of the molecule is Cc1cc(NS(C)(=O)=O)c(F)cc1CN. The van der Waals surface area contributed by atoms with E-state index in [1.54, 1.807) is 6.92 Å². The summed E-state index contributed by atoms with van der Waals surface area (Å²) in [6.07, 6.45) is 0.971. The van der Waals surface area contributed by atoms with Crippen molar-refractivity contribution in [2.24, 2.45) is 5.73 Å². The summed E-state index contributed by atoms with van der Waals surface area (Å²) in [7, 11) is -3.46. The van der Waals surface area contributed by atoms with Gasteiger partial charge >= 0.3 is 0 Å². The highest BCUT2D eigenvalue weighted by molar-refractivity contribution is 7.92. The first-order valence-corrected chi connectivity index (χ1v) is 6.19. The summed E-state index contributed by atoms with van der Waals surface area (Å²) in [6, 6.07) is 2.67. The van der Waals surface area contributed by atoms with Crippen molar-refractivity contribution in [1.29, 1.82) is 0 Å². The second kappa shape index (κ2) is 4.16. The van der Waals surface area contributed by atoms with Gasteiger partial charge in [0.05, 0.1) is 11.9 Å². The van der Waals surface area contributed by atoms with Crippen LogP contribution >= 0.6 is 0 Å². The fourth-order valence-electron chi connectivity index (χ4n) is 1.22. The van der Waals surface area contributed by atoms with Gasteiger partial charge in [-0.15, -0.1) is 0 Å². The van der Waals surface area contributed by atoms with E-state index in [0.29, 0.717) is 5.56 Å². The highest BCUT2D eigenvalue weighted by Gasteiger charge is 2.09. The van der Waals surface area contributed by atoms with Gasteiger partial charge in [0, 0.05) is 6.54 Å². The Morgan fingerprint density at radius 2 is 2.07 bits per heavy atom. The number of rotatable bonds is 3. The Morgan fingerprint density at radius 3 is 2.53 bits per heavy atom. The molecule has 0 unspecified atom stereocenters. The number of sulfonamides is 1. The van der Waals surface area contributed by atoms with Gasteiger partial charge in [-0.3, -0.25) is 4.72 Å². The molecular formula is C9H13FN2O2S. The van der Waals surface area contributed by atoms with Crippen molar-refractivity contribution in [3.05, 3.63) is 29.1 Å². The van der Waals surface area contributed by atoms with E-state index in [-0.39, 0.29) is 12.2 Å². The normalized spacial score (nSPS) is 11.5. The lowest BCUT2D eigenvalue weighted by Gasteiger charge is -2.09. The number of halogens is 1. The highest BCUT2D eigenvalue weighted by Crippen LogP contribution is 2.20. The van der Waals surface area contributed by atoms with Crippen LogP contribution in [0.4, 0.5) is 10.1 Å². The Morgan fingerprint density at radius 1 is 1.47 bits per heavy atom. The van der Waals surface area contributed by atoms with Crippen LogP contribution in [0.3, 0.4) is 0 Å². The fraction of sp³-hybridized carbons (Fsp3) is 0.333. The van der Waals surface area contributed by atoms with Crippen LogP contribution in [-0.4, -0.2) is 14.7 Å². The molecule has 6 heteroatoms. The molecule has 0 bridgehead atoms. The molecular weight excluding hydrogens is 219 g/mol. The zero-order chi connectivity index (χ0) is 11.6. The van der Waals surface area contributed by atoms with Crippen LogP contribution in [0.1, 0.15) is 11.1 Å². The lowest BCUT2D eigenvalue weighted by Crippen LogP contribution is -2.12. The van der Waals surface area contributed by atoms with E-state index in [2.05, 4.69) is 4.72 Å². The summed E-state index contributed by atoms with van der Waals surface area (Å²) < 4.78 is 37.3. The predicted molar refractivity (Wildman–Crippen MR) is 57.5 cm³/mol. The maximum Gasteiger partial charge on any atom is 0.229 e. The first kappa shape index (κ1) is 11.9. The summed E-state index contributed by atoms with van der Waals surface area (Å²) >= 11 is 0. The van der Waals surface area contributed by atoms with Crippen LogP contribution in [0.2, 0.25) is 0 Å². The largest absolute Gasteiger partial charge is 0.326 e. The van der Waals surface area contributed by atoms with E-state index in [0.717, 1.165) is 11.8 Å². The predicted octanol–water partition coefficient (Wildman–Crippen LogP) is 0.964. The zero-order valence-corrected chi connectivity index (χ0v) is 9.36. The third kappa shape index (κ3) is 3.17. The first-order valence-electron chi connectivity index (χ1n) is 4.30. The van der Waals surface area contributed by atoms with Crippen molar-refractivity contribution in [3.63, 3.8) is 0 Å². The van der Waals surface area contributed by atoms with E-state index in [9.17, 15) is 12.8 Å². The van der Waals surface area contributed by atoms with Gasteiger partial charge in [0.15, 0.2) is 0 Å². The number of hydrogen-bond donors (Lipinski definition) is 2. The van der Waals surface area contributed by atoms with Crippen LogP contribution < -0.4 is 10.5 Å². The Hall–Kier alpha value is -1.14. The number of benzene rings is 1. The van der Waals surface area contributed by atoms with Crippen molar-refractivity contribution in [2.75, 3.05) is 11.0 Å². The van der Waals surface area contributed by atoms with Crippen molar-refractivity contribution in [1.82, 2.24) is 0 Å². The average Bonchev–Trinajstić information content (AvgIpc) is 2.08. The van der Waals surface area contributed by atoms with Gasteiger partial charge in [0.2, 0.25) is 10.0 Å². The Bertz CT molecular complexity index is 471. The quantitative estimate of drug-likeness (QED) is 0.815. The smallest absolute Gasteiger partial charge is 0.229 e. The minimum absolute atomic E-state index is 0.0489. The molecule has 15 heavy (non-hydrogen) atoms. The lowest BCUT2D eigenvalue weighted by atomic mass is 10.1. The van der Waals surface area contributed by atoms with Gasteiger partial charge in [0.1, 0.15) is 5.82 Å². The van der Waals surface area contributed by atoms with Crippen molar-refractivity contribution in [3.8, 4) is 0 Å². The Balaban J connectivity index is 3.17. The topological polar surface area (TPSA) is 72.2 Å². The molecule has 0 radical (unpaired) electrons. The van der Waals surface area contributed by atoms with Gasteiger partial charge in [-0.05, 0) is 30.2 Å². The molecule has 1 aromatic carbocycles. The molecule has 0 amide bonds. The summed E-state index contributed by atoms with van der Waals surface area (Å²) in [5.74, 6) is -0.619. The van der Waals surface area contributed by atoms with Gasteiger partial charge < -0.3 is 5.73 Å². The number of aryl methyl sites for hydroxylation is 1. The summed E-state index contributed by atoms with van der Waals surface area (Å²) in [4.78, 5) is 0. The molecule has 3 N–H and O–H groups in total. The molecule has 84 valence electrons. The number of anilines is 1. The molecule has 0 aliphatic heterocycles. The van der Waals surface area contributed by atoms with Gasteiger partial charge in [-0.25, -0.2) is 12.8 Å². The lowest BCUT2D eigenvalue weighted by molar-refractivity contribution is 0.603. The van der Waals surface area contributed by atoms with Crippen LogP contribution in [0.5, 0.6) is 0 Å². The minimum Gasteiger partial charge on any atom is -0.326 e. The molecule has 0 saturated heterocycles. The number of hydrogen-bond acceptors (Lipinski definition) is 3. The second-order valence-electron chi connectivity index (χ2n) is 3.34. The van der Waals surface area contributed by atoms with E-state index in [1.807, 2.05) is 0 Å². The van der Waals surface area contributed by atoms with Crippen LogP contribution in [-0.2, 0) is 16.6 Å². The first-order chi connectivity index (χ1) is 6.83. The molecule has 0 fully saturated rings. The van der Waals surface area contributed by atoms with Crippen LogP contribution in [0.15, 0.2) is 12.1 Å². The zero-order valence-electron chi connectivity index (χ0n) is 8.54. The highest BCUT2D eigenvalue weighted by atomic mass is 32.2. The summed E-state index contributed by atoms with van der Waals surface area (Å²) in [6.45, 7) is 1.97. The van der Waals surface area contributed by atoms with E-state index >= 15 is 0 Å². The molecule has 4 nitrogen and oxygen atoms in total. The van der Waals surface area contributed by atoms with Crippen molar-refractivity contribution >= 4 is 15.7 Å². The van der Waals surface area contributed by atoms with E-state index in [1.165, 1.54) is 12.1 Å². The summed E-state index contributed by atoms with van der Waals surface area (Å²) in [5, 5.41) is 0. The molecule has 0 saturated carbocycles. The van der Waals surface area contributed by atoms with E-state index < -0.39 is 15.8 Å². The summed E-state index contributed by atoms with van der Waals surface area (Å²) in [5.41, 5.74) is 6.76. The number of nitrogens with two attached hydrogens (primary N) is 1. The third-order valence-corrected chi connectivity index (χ3v) is 2.53. The van der Waals surface area contributed by atoms with Gasteiger partial charge in [0.25, 0.3) is 0 Å². The third-order valence-electron chi connectivity index (χ3n) is 1.94. The molecule has 1 aromatic rings. The molecule has 0 spiro atoms. The molecule has 0 heterocycles. The molecule has 0 aliphatic rings. The maximum atomic E-state index is 13.4. The maximum absolute atomic E-state index is 13.4. The fourth-order valence-corrected chi connectivity index (χ4v) is 1.78. The molecule has 0 atom stereocenters. The second-order valence-corrected chi connectivity index (χ2v) is 5.09. The van der Waals surface area contributed by atoms with Crippen molar-refractivity contribution < 1.29 is 12.8 Å². The minimum atomic E-state index is -3.46. The molecule has 0 aromatic heterocycles. The average molecular weight is 232 g/mol. The van der Waals surface area contributed by atoms with Crippen LogP contribution in [0.25, 0.3) is 0 Å². The Kier molecular flexibility index (Phi) is 3.31. The van der Waals surface area contributed by atoms with E-state index in [4.69, 9.17) is 5.73 Å². The Labute approximate surface area is 88.3 Å². The number of nitrogens with one attached hydrogen (secondary N) is 1. The molecule has 0 aliphatic carbocycles. The van der Waals surface area contributed by atoms with Crippen LogP contribution in [0, 0.1) is 12.7 Å². The monoisotopic (exact) mass is 232 g/mol. The standard InChI is InChI=1S/C9H13FN2O2S/c1-6-3-9(12-15(2,13)14)8(10)4-7(6)5-11/h3-4,12H,5,11H2,1-2H3. The van der Waals surface area contributed by atoms with Gasteiger partial charge in [-0.1, -0.05) is 0 Å². The van der Waals surface area contributed by atoms with Crippen molar-refractivity contribution in [2.45, 2.75) is 13.5 Å². The van der Waals surface area contributed by atoms with Gasteiger partial charge in [-0.2, -0.15) is 0 Å². The molecule has 1 rings (SSSR count).